The fraction of sp³-hybridized carbons (Fsp3) is 0.192. The fourth-order valence-corrected chi connectivity index (χ4v) is 4.50. The summed E-state index contributed by atoms with van der Waals surface area (Å²) in [6.07, 6.45) is 3.31. The molecule has 1 saturated heterocycles. The van der Waals surface area contributed by atoms with Crippen molar-refractivity contribution in [3.63, 3.8) is 0 Å². The molecule has 1 amide bonds. The van der Waals surface area contributed by atoms with Gasteiger partial charge in [0.05, 0.1) is 22.5 Å². The molecule has 1 aromatic heterocycles. The molecule has 1 aliphatic heterocycles. The van der Waals surface area contributed by atoms with Crippen molar-refractivity contribution in [1.29, 1.82) is 0 Å². The summed E-state index contributed by atoms with van der Waals surface area (Å²) in [5.74, 6) is 0.526. The Kier molecular flexibility index (Phi) is 5.86. The van der Waals surface area contributed by atoms with Crippen LogP contribution in [0.25, 0.3) is 22.2 Å². The number of hydrogen-bond acceptors (Lipinski definition) is 4. The lowest BCUT2D eigenvalue weighted by Crippen LogP contribution is -2.35. The molecule has 0 aliphatic carbocycles. The van der Waals surface area contributed by atoms with Crippen molar-refractivity contribution < 1.29 is 4.79 Å². The second-order valence-corrected chi connectivity index (χ2v) is 8.86. The second kappa shape index (κ2) is 9.09. The average molecular weight is 487 g/mol. The third-order valence-corrected chi connectivity index (χ3v) is 6.25. The van der Waals surface area contributed by atoms with Crippen LogP contribution in [-0.2, 0) is 0 Å². The Hall–Kier alpha value is -3.25. The summed E-state index contributed by atoms with van der Waals surface area (Å²) in [4.78, 5) is 24.7. The molecule has 5 rings (SSSR count). The highest BCUT2D eigenvalue weighted by atomic mass is 79.9. The van der Waals surface area contributed by atoms with Crippen molar-refractivity contribution >= 4 is 44.4 Å². The number of nitrogens with zero attached hydrogens (tertiary/aromatic N) is 3. The first-order valence-corrected chi connectivity index (χ1v) is 11.7. The summed E-state index contributed by atoms with van der Waals surface area (Å²) in [6, 6.07) is 23.7. The van der Waals surface area contributed by atoms with E-state index in [4.69, 9.17) is 9.97 Å². The highest BCUT2D eigenvalue weighted by Gasteiger charge is 2.21. The van der Waals surface area contributed by atoms with Crippen LogP contribution in [0.3, 0.4) is 0 Å². The monoisotopic (exact) mass is 486 g/mol. The Morgan fingerprint density at radius 3 is 2.44 bits per heavy atom. The molecule has 2 heterocycles. The van der Waals surface area contributed by atoms with Gasteiger partial charge >= 0.3 is 0 Å². The van der Waals surface area contributed by atoms with Crippen LogP contribution in [0, 0.1) is 0 Å². The predicted octanol–water partition coefficient (Wildman–Crippen LogP) is 6.43. The van der Waals surface area contributed by atoms with E-state index in [9.17, 15) is 4.79 Å². The third-order valence-electron chi connectivity index (χ3n) is 5.75. The number of halogens is 1. The maximum Gasteiger partial charge on any atom is 0.255 e. The summed E-state index contributed by atoms with van der Waals surface area (Å²) >= 11 is 3.56. The first kappa shape index (κ1) is 20.6. The summed E-state index contributed by atoms with van der Waals surface area (Å²) in [6.45, 7) is 1.62. The van der Waals surface area contributed by atoms with Gasteiger partial charge in [-0.15, -0.1) is 0 Å². The Morgan fingerprint density at radius 2 is 1.62 bits per heavy atom. The van der Waals surface area contributed by atoms with Crippen molar-refractivity contribution in [3.8, 4) is 11.3 Å². The Balaban J connectivity index is 1.56. The van der Waals surface area contributed by atoms with Crippen LogP contribution >= 0.6 is 15.9 Å². The van der Waals surface area contributed by atoms with E-state index >= 15 is 0 Å². The number of anilines is 2. The maximum absolute atomic E-state index is 13.2. The first-order chi connectivity index (χ1) is 15.7. The van der Waals surface area contributed by atoms with E-state index in [2.05, 4.69) is 21.2 Å². The molecule has 0 radical (unpaired) electrons. The molecule has 0 unspecified atom stereocenters. The fourth-order valence-electron chi connectivity index (χ4n) is 4.14. The highest BCUT2D eigenvalue weighted by Crippen LogP contribution is 2.31. The number of rotatable bonds is 4. The van der Waals surface area contributed by atoms with E-state index in [1.807, 2.05) is 77.7 Å². The number of likely N-dealkylation sites (tertiary alicyclic amines) is 1. The number of amides is 1. The molecule has 0 spiro atoms. The van der Waals surface area contributed by atoms with E-state index in [0.29, 0.717) is 11.5 Å². The molecular weight excluding hydrogens is 464 g/mol. The SMILES string of the molecule is O=C(c1ccccc1Nc1nc(-c2ccccc2)c2cc(Br)ccc2n1)N1CCCCC1. The van der Waals surface area contributed by atoms with Crippen molar-refractivity contribution in [1.82, 2.24) is 14.9 Å². The molecule has 32 heavy (non-hydrogen) atoms. The number of hydrogen-bond donors (Lipinski definition) is 1. The normalized spacial score (nSPS) is 13.8. The smallest absolute Gasteiger partial charge is 0.255 e. The van der Waals surface area contributed by atoms with Crippen molar-refractivity contribution in [2.45, 2.75) is 19.3 Å². The zero-order valence-electron chi connectivity index (χ0n) is 17.6. The van der Waals surface area contributed by atoms with Gasteiger partial charge in [-0.05, 0) is 49.6 Å². The minimum absolute atomic E-state index is 0.0563. The molecule has 1 N–H and O–H groups in total. The molecule has 1 fully saturated rings. The first-order valence-electron chi connectivity index (χ1n) is 10.9. The van der Waals surface area contributed by atoms with Gasteiger partial charge in [-0.1, -0.05) is 58.4 Å². The van der Waals surface area contributed by atoms with E-state index in [1.54, 1.807) is 0 Å². The Bertz CT molecular complexity index is 1270. The molecule has 160 valence electrons. The van der Waals surface area contributed by atoms with E-state index in [-0.39, 0.29) is 5.91 Å². The van der Waals surface area contributed by atoms with Gasteiger partial charge in [0, 0.05) is 28.5 Å². The molecule has 5 nitrogen and oxygen atoms in total. The summed E-state index contributed by atoms with van der Waals surface area (Å²) in [5.41, 5.74) is 4.07. The number of piperidine rings is 1. The average Bonchev–Trinajstić information content (AvgIpc) is 2.85. The zero-order valence-corrected chi connectivity index (χ0v) is 19.2. The van der Waals surface area contributed by atoms with Gasteiger partial charge in [-0.25, -0.2) is 9.97 Å². The summed E-state index contributed by atoms with van der Waals surface area (Å²) in [5, 5.41) is 4.29. The molecule has 3 aromatic carbocycles. The van der Waals surface area contributed by atoms with Crippen LogP contribution in [0.15, 0.2) is 77.3 Å². The standard InChI is InChI=1S/C26H23BrN4O/c27-19-13-14-23-21(17-19)24(18-9-3-1-4-10-18)30-26(29-23)28-22-12-6-5-11-20(22)25(32)31-15-7-2-8-16-31/h1,3-6,9-14,17H,2,7-8,15-16H2,(H,28,29,30). The molecule has 1 aliphatic rings. The van der Waals surface area contributed by atoms with Crippen LogP contribution in [0.2, 0.25) is 0 Å². The Morgan fingerprint density at radius 1 is 0.875 bits per heavy atom. The Labute approximate surface area is 195 Å². The van der Waals surface area contributed by atoms with Gasteiger partial charge < -0.3 is 10.2 Å². The third kappa shape index (κ3) is 4.23. The largest absolute Gasteiger partial charge is 0.339 e. The molecule has 0 atom stereocenters. The van der Waals surface area contributed by atoms with Gasteiger partial charge in [-0.3, -0.25) is 4.79 Å². The number of benzene rings is 3. The van der Waals surface area contributed by atoms with Crippen molar-refractivity contribution in [2.75, 3.05) is 18.4 Å². The molecule has 0 bridgehead atoms. The lowest BCUT2D eigenvalue weighted by atomic mass is 10.1. The van der Waals surface area contributed by atoms with Gasteiger partial charge in [0.25, 0.3) is 5.91 Å². The predicted molar refractivity (Wildman–Crippen MR) is 132 cm³/mol. The van der Waals surface area contributed by atoms with Gasteiger partial charge in [0.2, 0.25) is 5.95 Å². The lowest BCUT2D eigenvalue weighted by molar-refractivity contribution is 0.0725. The van der Waals surface area contributed by atoms with Crippen molar-refractivity contribution in [2.24, 2.45) is 0 Å². The minimum Gasteiger partial charge on any atom is -0.339 e. The van der Waals surface area contributed by atoms with Gasteiger partial charge in [0.15, 0.2) is 0 Å². The number of nitrogens with one attached hydrogen (secondary N) is 1. The number of carbonyl (C=O) groups is 1. The number of para-hydroxylation sites is 1. The maximum atomic E-state index is 13.2. The second-order valence-electron chi connectivity index (χ2n) is 7.95. The number of aromatic nitrogens is 2. The topological polar surface area (TPSA) is 58.1 Å². The van der Waals surface area contributed by atoms with E-state index in [1.165, 1.54) is 6.42 Å². The van der Waals surface area contributed by atoms with E-state index < -0.39 is 0 Å². The quantitative estimate of drug-likeness (QED) is 0.361. The molecular formula is C26H23BrN4O. The van der Waals surface area contributed by atoms with Gasteiger partial charge in [-0.2, -0.15) is 0 Å². The highest BCUT2D eigenvalue weighted by molar-refractivity contribution is 9.10. The van der Waals surface area contributed by atoms with Crippen LogP contribution < -0.4 is 5.32 Å². The minimum atomic E-state index is 0.0563. The van der Waals surface area contributed by atoms with Crippen LogP contribution in [0.5, 0.6) is 0 Å². The van der Waals surface area contributed by atoms with E-state index in [0.717, 1.165) is 58.3 Å². The van der Waals surface area contributed by atoms with Crippen LogP contribution in [-0.4, -0.2) is 33.9 Å². The zero-order chi connectivity index (χ0) is 21.9. The van der Waals surface area contributed by atoms with Crippen LogP contribution in [0.4, 0.5) is 11.6 Å². The van der Waals surface area contributed by atoms with Crippen LogP contribution in [0.1, 0.15) is 29.6 Å². The summed E-state index contributed by atoms with van der Waals surface area (Å²) in [7, 11) is 0. The number of carbonyl (C=O) groups excluding carboxylic acids is 1. The summed E-state index contributed by atoms with van der Waals surface area (Å²) < 4.78 is 0.976. The number of fused-ring (bicyclic) bond motifs is 1. The van der Waals surface area contributed by atoms with Gasteiger partial charge in [0.1, 0.15) is 0 Å². The molecule has 4 aromatic rings. The molecule has 6 heteroatoms. The lowest BCUT2D eigenvalue weighted by Gasteiger charge is -2.27. The van der Waals surface area contributed by atoms with Crippen molar-refractivity contribution in [3.05, 3.63) is 82.8 Å². The molecule has 0 saturated carbocycles.